The van der Waals surface area contributed by atoms with Crippen LogP contribution >= 0.6 is 27.7 Å². The average Bonchev–Trinajstić information content (AvgIpc) is 2.30. The first kappa shape index (κ1) is 12.3. The number of ether oxygens (including phenoxy) is 1. The van der Waals surface area contributed by atoms with E-state index >= 15 is 0 Å². The van der Waals surface area contributed by atoms with Crippen LogP contribution in [-0.4, -0.2) is 18.9 Å². The maximum Gasteiger partial charge on any atom is 0.119 e. The molecule has 16 heavy (non-hydrogen) atoms. The summed E-state index contributed by atoms with van der Waals surface area (Å²) < 4.78 is 6.42. The summed E-state index contributed by atoms with van der Waals surface area (Å²) >= 11 is 5.56. The fraction of sp³-hybridized carbons (Fsp3) is 0.500. The Morgan fingerprint density at radius 3 is 3.00 bits per heavy atom. The molecule has 1 aliphatic rings. The molecule has 0 saturated carbocycles. The predicted molar refractivity (Wildman–Crippen MR) is 73.1 cm³/mol. The summed E-state index contributed by atoms with van der Waals surface area (Å²) in [7, 11) is 1.71. The molecule has 4 heteroatoms. The van der Waals surface area contributed by atoms with Crippen LogP contribution in [0.1, 0.15) is 24.3 Å². The van der Waals surface area contributed by atoms with E-state index in [2.05, 4.69) is 40.3 Å². The Balaban J connectivity index is 2.24. The van der Waals surface area contributed by atoms with Crippen molar-refractivity contribution in [2.45, 2.75) is 24.8 Å². The van der Waals surface area contributed by atoms with E-state index in [1.54, 1.807) is 7.11 Å². The van der Waals surface area contributed by atoms with Crippen molar-refractivity contribution in [1.29, 1.82) is 0 Å². The van der Waals surface area contributed by atoms with Gasteiger partial charge in [0.2, 0.25) is 0 Å². The summed E-state index contributed by atoms with van der Waals surface area (Å²) in [6.45, 7) is 2.24. The second-order valence-electron chi connectivity index (χ2n) is 3.99. The lowest BCUT2D eigenvalue weighted by Gasteiger charge is -2.29. The van der Waals surface area contributed by atoms with E-state index < -0.39 is 0 Å². The zero-order valence-electron chi connectivity index (χ0n) is 9.50. The van der Waals surface area contributed by atoms with Gasteiger partial charge in [0, 0.05) is 10.5 Å². The summed E-state index contributed by atoms with van der Waals surface area (Å²) in [6, 6.07) is 6.72. The lowest BCUT2D eigenvalue weighted by atomic mass is 10.1. The Kier molecular flexibility index (Phi) is 4.16. The standard InChI is InChI=1S/C12H16BrNOS/c1-8-5-6-16-12(14-8)10-7-9(15-2)3-4-11(10)13/h3-4,7-8,12,14H,5-6H2,1-2H3. The second-order valence-corrected chi connectivity index (χ2v) is 6.06. The number of hydrogen-bond donors (Lipinski definition) is 1. The normalized spacial score (nSPS) is 25.4. The van der Waals surface area contributed by atoms with Crippen LogP contribution < -0.4 is 10.1 Å². The lowest BCUT2D eigenvalue weighted by Crippen LogP contribution is -2.33. The van der Waals surface area contributed by atoms with Crippen molar-refractivity contribution in [3.05, 3.63) is 28.2 Å². The zero-order chi connectivity index (χ0) is 11.5. The van der Waals surface area contributed by atoms with E-state index in [0.29, 0.717) is 11.4 Å². The summed E-state index contributed by atoms with van der Waals surface area (Å²) in [5.41, 5.74) is 1.27. The molecule has 2 rings (SSSR count). The van der Waals surface area contributed by atoms with E-state index in [1.807, 2.05) is 17.8 Å². The van der Waals surface area contributed by atoms with E-state index in [1.165, 1.54) is 17.7 Å². The van der Waals surface area contributed by atoms with E-state index in [9.17, 15) is 0 Å². The SMILES string of the molecule is COc1ccc(Br)c(C2NC(C)CCS2)c1. The third-order valence-electron chi connectivity index (χ3n) is 2.76. The first-order valence-electron chi connectivity index (χ1n) is 5.42. The number of nitrogens with one attached hydrogen (secondary N) is 1. The van der Waals surface area contributed by atoms with E-state index in [-0.39, 0.29) is 0 Å². The first-order chi connectivity index (χ1) is 7.70. The molecule has 1 aromatic carbocycles. The Hall–Kier alpha value is -0.190. The van der Waals surface area contributed by atoms with Gasteiger partial charge in [0.15, 0.2) is 0 Å². The smallest absolute Gasteiger partial charge is 0.119 e. The summed E-state index contributed by atoms with van der Waals surface area (Å²) in [4.78, 5) is 0. The lowest BCUT2D eigenvalue weighted by molar-refractivity contribution is 0.413. The Morgan fingerprint density at radius 2 is 2.31 bits per heavy atom. The van der Waals surface area contributed by atoms with Gasteiger partial charge >= 0.3 is 0 Å². The van der Waals surface area contributed by atoms with Crippen molar-refractivity contribution < 1.29 is 4.74 Å². The summed E-state index contributed by atoms with van der Waals surface area (Å²) in [5.74, 6) is 2.13. The third-order valence-corrected chi connectivity index (χ3v) is 4.67. The molecule has 0 aromatic heterocycles. The van der Waals surface area contributed by atoms with Gasteiger partial charge in [-0.25, -0.2) is 0 Å². The molecule has 0 spiro atoms. The van der Waals surface area contributed by atoms with Gasteiger partial charge in [-0.05, 0) is 42.9 Å². The van der Waals surface area contributed by atoms with Gasteiger partial charge < -0.3 is 4.74 Å². The molecule has 2 unspecified atom stereocenters. The molecular formula is C12H16BrNOS. The van der Waals surface area contributed by atoms with Crippen molar-refractivity contribution >= 4 is 27.7 Å². The molecule has 0 bridgehead atoms. The highest BCUT2D eigenvalue weighted by atomic mass is 79.9. The number of thioether (sulfide) groups is 1. The third kappa shape index (κ3) is 2.73. The van der Waals surface area contributed by atoms with Gasteiger partial charge in [0.1, 0.15) is 5.75 Å². The largest absolute Gasteiger partial charge is 0.497 e. The van der Waals surface area contributed by atoms with Crippen LogP contribution in [0.15, 0.2) is 22.7 Å². The summed E-state index contributed by atoms with van der Waals surface area (Å²) in [6.07, 6.45) is 1.24. The van der Waals surface area contributed by atoms with Crippen LogP contribution in [0.4, 0.5) is 0 Å². The maximum atomic E-state index is 5.27. The molecule has 1 saturated heterocycles. The molecule has 2 atom stereocenters. The number of hydrogen-bond acceptors (Lipinski definition) is 3. The van der Waals surface area contributed by atoms with Gasteiger partial charge in [-0.15, -0.1) is 11.8 Å². The van der Waals surface area contributed by atoms with Crippen LogP contribution in [0.2, 0.25) is 0 Å². The molecule has 0 radical (unpaired) electrons. The van der Waals surface area contributed by atoms with Crippen LogP contribution in [0.3, 0.4) is 0 Å². The molecule has 1 N–H and O–H groups in total. The Morgan fingerprint density at radius 1 is 1.50 bits per heavy atom. The van der Waals surface area contributed by atoms with Crippen LogP contribution in [-0.2, 0) is 0 Å². The molecule has 1 aromatic rings. The number of halogens is 1. The summed E-state index contributed by atoms with van der Waals surface area (Å²) in [5, 5.41) is 3.97. The second kappa shape index (κ2) is 5.43. The minimum Gasteiger partial charge on any atom is -0.497 e. The molecular weight excluding hydrogens is 286 g/mol. The Bertz CT molecular complexity index is 372. The van der Waals surface area contributed by atoms with Crippen molar-refractivity contribution in [3.8, 4) is 5.75 Å². The number of rotatable bonds is 2. The number of benzene rings is 1. The van der Waals surface area contributed by atoms with Crippen LogP contribution in [0.25, 0.3) is 0 Å². The molecule has 1 aliphatic heterocycles. The average molecular weight is 302 g/mol. The van der Waals surface area contributed by atoms with Crippen molar-refractivity contribution in [2.24, 2.45) is 0 Å². The van der Waals surface area contributed by atoms with Crippen molar-refractivity contribution in [3.63, 3.8) is 0 Å². The molecule has 0 amide bonds. The predicted octanol–water partition coefficient (Wildman–Crippen LogP) is 3.57. The van der Waals surface area contributed by atoms with Crippen LogP contribution in [0.5, 0.6) is 5.75 Å². The number of methoxy groups -OCH3 is 1. The molecule has 1 heterocycles. The van der Waals surface area contributed by atoms with Crippen molar-refractivity contribution in [1.82, 2.24) is 5.32 Å². The van der Waals surface area contributed by atoms with Crippen molar-refractivity contribution in [2.75, 3.05) is 12.9 Å². The molecule has 0 aliphatic carbocycles. The Labute approximate surface area is 109 Å². The first-order valence-corrected chi connectivity index (χ1v) is 7.26. The molecule has 88 valence electrons. The minimum atomic E-state index is 0.369. The van der Waals surface area contributed by atoms with E-state index in [0.717, 1.165) is 10.2 Å². The van der Waals surface area contributed by atoms with Crippen LogP contribution in [0, 0.1) is 0 Å². The zero-order valence-corrected chi connectivity index (χ0v) is 11.9. The maximum absolute atomic E-state index is 5.27. The van der Waals surface area contributed by atoms with Gasteiger partial charge in [-0.3, -0.25) is 5.32 Å². The van der Waals surface area contributed by atoms with Gasteiger partial charge in [0.25, 0.3) is 0 Å². The quantitative estimate of drug-likeness (QED) is 0.902. The minimum absolute atomic E-state index is 0.369. The monoisotopic (exact) mass is 301 g/mol. The highest BCUT2D eigenvalue weighted by molar-refractivity contribution is 9.10. The highest BCUT2D eigenvalue weighted by Crippen LogP contribution is 2.37. The molecule has 1 fully saturated rings. The fourth-order valence-electron chi connectivity index (χ4n) is 1.78. The van der Waals surface area contributed by atoms with E-state index in [4.69, 9.17) is 4.74 Å². The van der Waals surface area contributed by atoms with Gasteiger partial charge in [-0.2, -0.15) is 0 Å². The highest BCUT2D eigenvalue weighted by Gasteiger charge is 2.21. The van der Waals surface area contributed by atoms with Gasteiger partial charge in [0.05, 0.1) is 12.5 Å². The fourth-order valence-corrected chi connectivity index (χ4v) is 3.84. The topological polar surface area (TPSA) is 21.3 Å². The molecule has 2 nitrogen and oxygen atoms in total. The van der Waals surface area contributed by atoms with Gasteiger partial charge in [-0.1, -0.05) is 15.9 Å².